The van der Waals surface area contributed by atoms with Crippen LogP contribution in [0.4, 0.5) is 0 Å². The van der Waals surface area contributed by atoms with Gasteiger partial charge in [-0.3, -0.25) is 9.59 Å². The van der Waals surface area contributed by atoms with Gasteiger partial charge in [-0.15, -0.1) is 0 Å². The van der Waals surface area contributed by atoms with Gasteiger partial charge in [-0.1, -0.05) is 60.7 Å². The molecule has 0 aliphatic heterocycles. The number of carbonyl (C=O) groups excluding carboxylic acids is 2. The quantitative estimate of drug-likeness (QED) is 0.149. The molecule has 5 heteroatoms. The molecule has 0 fully saturated rings. The minimum absolute atomic E-state index is 0.0420. The number of ketones is 1. The third-order valence-electron chi connectivity index (χ3n) is 5.14. The molecule has 0 atom stereocenters. The maximum atomic E-state index is 12.2. The van der Waals surface area contributed by atoms with Crippen LogP contribution in [0.5, 0.6) is 0 Å². The minimum Gasteiger partial charge on any atom is -0.299 e. The SMILES string of the molecule is O=C(CCC(=O)N/N=C/c1c2ccccc2cc2ccccc12)Cc1ccc(I)cc1. The lowest BCUT2D eigenvalue weighted by molar-refractivity contribution is -0.125. The van der Waals surface area contributed by atoms with Crippen LogP contribution in [0, 0.1) is 3.57 Å². The second-order valence-electron chi connectivity index (χ2n) is 7.37. The van der Waals surface area contributed by atoms with E-state index in [-0.39, 0.29) is 24.5 Å². The largest absolute Gasteiger partial charge is 0.299 e. The summed E-state index contributed by atoms with van der Waals surface area (Å²) in [7, 11) is 0. The van der Waals surface area contributed by atoms with Crippen LogP contribution in [0.25, 0.3) is 21.5 Å². The van der Waals surface area contributed by atoms with Crippen molar-refractivity contribution in [3.63, 3.8) is 0 Å². The fourth-order valence-electron chi connectivity index (χ4n) is 3.58. The summed E-state index contributed by atoms with van der Waals surface area (Å²) in [6.45, 7) is 0. The average Bonchev–Trinajstić information content (AvgIpc) is 2.79. The first-order chi connectivity index (χ1) is 15.1. The summed E-state index contributed by atoms with van der Waals surface area (Å²) >= 11 is 2.23. The molecule has 0 radical (unpaired) electrons. The van der Waals surface area contributed by atoms with E-state index >= 15 is 0 Å². The lowest BCUT2D eigenvalue weighted by Gasteiger charge is -2.08. The maximum absolute atomic E-state index is 12.2. The first-order valence-corrected chi connectivity index (χ1v) is 11.2. The maximum Gasteiger partial charge on any atom is 0.240 e. The van der Waals surface area contributed by atoms with E-state index < -0.39 is 0 Å². The van der Waals surface area contributed by atoms with Gasteiger partial charge in [0.25, 0.3) is 0 Å². The van der Waals surface area contributed by atoms with E-state index in [2.05, 4.69) is 51.3 Å². The highest BCUT2D eigenvalue weighted by molar-refractivity contribution is 14.1. The molecule has 0 aliphatic carbocycles. The zero-order valence-electron chi connectivity index (χ0n) is 16.8. The van der Waals surface area contributed by atoms with Gasteiger partial charge in [-0.25, -0.2) is 5.43 Å². The van der Waals surface area contributed by atoms with Crippen molar-refractivity contribution in [3.8, 4) is 0 Å². The number of halogens is 1. The molecule has 1 amide bonds. The first kappa shape index (κ1) is 21.2. The van der Waals surface area contributed by atoms with Gasteiger partial charge in [-0.05, 0) is 67.9 Å². The van der Waals surface area contributed by atoms with Gasteiger partial charge in [0.2, 0.25) is 5.91 Å². The molecule has 0 saturated heterocycles. The molecular weight excluding hydrogens is 499 g/mol. The second kappa shape index (κ2) is 9.83. The van der Waals surface area contributed by atoms with Crippen LogP contribution < -0.4 is 5.43 Å². The lowest BCUT2D eigenvalue weighted by Crippen LogP contribution is -2.19. The zero-order valence-corrected chi connectivity index (χ0v) is 19.0. The lowest BCUT2D eigenvalue weighted by atomic mass is 9.97. The molecule has 4 rings (SSSR count). The van der Waals surface area contributed by atoms with Crippen molar-refractivity contribution in [1.29, 1.82) is 0 Å². The zero-order chi connectivity index (χ0) is 21.6. The summed E-state index contributed by atoms with van der Waals surface area (Å²) in [6, 6.07) is 26.2. The monoisotopic (exact) mass is 520 g/mol. The third-order valence-corrected chi connectivity index (χ3v) is 5.86. The van der Waals surface area contributed by atoms with E-state index in [0.717, 1.165) is 36.2 Å². The Bertz CT molecular complexity index is 1230. The van der Waals surface area contributed by atoms with E-state index in [4.69, 9.17) is 0 Å². The van der Waals surface area contributed by atoms with Gasteiger partial charge >= 0.3 is 0 Å². The summed E-state index contributed by atoms with van der Waals surface area (Å²) in [5.74, 6) is -0.225. The number of Topliss-reactive ketones (excluding diaryl/α,β-unsaturated/α-hetero) is 1. The Balaban J connectivity index is 1.40. The number of fused-ring (bicyclic) bond motifs is 2. The van der Waals surface area contributed by atoms with Crippen molar-refractivity contribution in [2.75, 3.05) is 0 Å². The molecule has 31 heavy (non-hydrogen) atoms. The highest BCUT2D eigenvalue weighted by Gasteiger charge is 2.09. The van der Waals surface area contributed by atoms with Crippen LogP contribution in [0.2, 0.25) is 0 Å². The van der Waals surface area contributed by atoms with E-state index in [1.165, 1.54) is 0 Å². The Labute approximate surface area is 194 Å². The topological polar surface area (TPSA) is 58.5 Å². The molecule has 0 spiro atoms. The molecule has 4 nitrogen and oxygen atoms in total. The normalized spacial score (nSPS) is 11.3. The predicted molar refractivity (Wildman–Crippen MR) is 134 cm³/mol. The number of hydrazone groups is 1. The van der Waals surface area contributed by atoms with E-state index in [0.29, 0.717) is 6.42 Å². The van der Waals surface area contributed by atoms with Crippen LogP contribution in [0.1, 0.15) is 24.0 Å². The Morgan fingerprint density at radius 3 is 2.10 bits per heavy atom. The number of rotatable bonds is 7. The molecule has 0 saturated carbocycles. The average molecular weight is 520 g/mol. The van der Waals surface area contributed by atoms with Crippen LogP contribution in [-0.4, -0.2) is 17.9 Å². The van der Waals surface area contributed by atoms with Crippen molar-refractivity contribution in [2.45, 2.75) is 19.3 Å². The molecule has 0 unspecified atom stereocenters. The van der Waals surface area contributed by atoms with Crippen molar-refractivity contribution >= 4 is 62.0 Å². The van der Waals surface area contributed by atoms with Crippen molar-refractivity contribution in [2.24, 2.45) is 5.10 Å². The standard InChI is InChI=1S/C26H21IN2O2/c27-21-11-9-18(10-12-21)15-22(30)13-14-26(31)29-28-17-25-23-7-3-1-5-19(23)16-20-6-2-4-8-24(20)25/h1-12,16-17H,13-15H2,(H,29,31)/b28-17+. The number of carbonyl (C=O) groups is 2. The summed E-state index contributed by atoms with van der Waals surface area (Å²) in [6.07, 6.45) is 2.35. The number of hydrogen-bond donors (Lipinski definition) is 1. The van der Waals surface area contributed by atoms with Crippen molar-refractivity contribution in [1.82, 2.24) is 5.43 Å². The highest BCUT2D eigenvalue weighted by atomic mass is 127. The predicted octanol–water partition coefficient (Wildman–Crippen LogP) is 5.64. The summed E-state index contributed by atoms with van der Waals surface area (Å²) in [4.78, 5) is 24.4. The number of nitrogens with one attached hydrogen (secondary N) is 1. The smallest absolute Gasteiger partial charge is 0.240 e. The Hall–Kier alpha value is -3.06. The minimum atomic E-state index is -0.267. The fourth-order valence-corrected chi connectivity index (χ4v) is 3.94. The van der Waals surface area contributed by atoms with Crippen LogP contribution >= 0.6 is 22.6 Å². The van der Waals surface area contributed by atoms with E-state index in [9.17, 15) is 9.59 Å². The van der Waals surface area contributed by atoms with Crippen LogP contribution in [0.15, 0.2) is 84.0 Å². The summed E-state index contributed by atoms with van der Waals surface area (Å²) in [5.41, 5.74) is 4.49. The van der Waals surface area contributed by atoms with Gasteiger partial charge in [0.15, 0.2) is 0 Å². The third kappa shape index (κ3) is 5.35. The summed E-state index contributed by atoms with van der Waals surface area (Å²) in [5, 5.41) is 8.57. The summed E-state index contributed by atoms with van der Waals surface area (Å²) < 4.78 is 1.13. The van der Waals surface area contributed by atoms with E-state index in [1.54, 1.807) is 6.21 Å². The first-order valence-electron chi connectivity index (χ1n) is 10.1. The van der Waals surface area contributed by atoms with Gasteiger partial charge in [0.1, 0.15) is 5.78 Å². The number of nitrogens with zero attached hydrogens (tertiary/aromatic N) is 1. The van der Waals surface area contributed by atoms with E-state index in [1.807, 2.05) is 60.7 Å². The highest BCUT2D eigenvalue weighted by Crippen LogP contribution is 2.27. The molecule has 0 bridgehead atoms. The number of benzene rings is 4. The number of amides is 1. The Morgan fingerprint density at radius 2 is 1.45 bits per heavy atom. The molecule has 1 N–H and O–H groups in total. The molecule has 0 aromatic heterocycles. The number of hydrogen-bond acceptors (Lipinski definition) is 3. The molecule has 0 heterocycles. The van der Waals surface area contributed by atoms with Gasteiger partial charge in [0, 0.05) is 28.4 Å². The van der Waals surface area contributed by atoms with Crippen LogP contribution in [0.3, 0.4) is 0 Å². The van der Waals surface area contributed by atoms with Gasteiger partial charge in [-0.2, -0.15) is 5.10 Å². The molecule has 154 valence electrons. The Kier molecular flexibility index (Phi) is 6.72. The fraction of sp³-hybridized carbons (Fsp3) is 0.115. The second-order valence-corrected chi connectivity index (χ2v) is 8.61. The van der Waals surface area contributed by atoms with Gasteiger partial charge < -0.3 is 0 Å². The van der Waals surface area contributed by atoms with Crippen molar-refractivity contribution < 1.29 is 9.59 Å². The van der Waals surface area contributed by atoms with Crippen molar-refractivity contribution in [3.05, 3.63) is 93.6 Å². The molecular formula is C26H21IN2O2. The van der Waals surface area contributed by atoms with Crippen LogP contribution in [-0.2, 0) is 16.0 Å². The van der Waals surface area contributed by atoms with Gasteiger partial charge in [0.05, 0.1) is 6.21 Å². The molecule has 0 aliphatic rings. The molecule has 4 aromatic carbocycles. The Morgan fingerprint density at radius 1 is 0.839 bits per heavy atom. The molecule has 4 aromatic rings.